The number of para-hydroxylation sites is 4. The number of hydrogen-bond donors (Lipinski definition) is 2. The van der Waals surface area contributed by atoms with Gasteiger partial charge >= 0.3 is 0 Å². The van der Waals surface area contributed by atoms with Crippen LogP contribution in [-0.2, 0) is 0 Å². The summed E-state index contributed by atoms with van der Waals surface area (Å²) in [5, 5.41) is 3.53. The van der Waals surface area contributed by atoms with Gasteiger partial charge in [0.25, 0.3) is 0 Å². The van der Waals surface area contributed by atoms with Crippen LogP contribution in [0.4, 0.5) is 51.2 Å². The lowest BCUT2D eigenvalue weighted by Crippen LogP contribution is -2.09. The Hall–Kier alpha value is -10.7. The van der Waals surface area contributed by atoms with Crippen molar-refractivity contribution in [2.45, 2.75) is 0 Å². The molecule has 85 heavy (non-hydrogen) atoms. The molecule has 0 fully saturated rings. The number of nitrogens with one attached hydrogen (secondary N) is 1. The predicted molar refractivity (Wildman–Crippen MR) is 372 cm³/mol. The van der Waals surface area contributed by atoms with Gasteiger partial charge in [0, 0.05) is 55.7 Å². The summed E-state index contributed by atoms with van der Waals surface area (Å²) in [5.41, 5.74) is 24.7. The van der Waals surface area contributed by atoms with E-state index in [4.69, 9.17) is 5.73 Å². The van der Waals surface area contributed by atoms with Crippen LogP contribution in [0.25, 0.3) is 48.6 Å². The Morgan fingerprint density at radius 3 is 0.871 bits per heavy atom. The van der Waals surface area contributed by atoms with Crippen LogP contribution >= 0.6 is 15.9 Å². The van der Waals surface area contributed by atoms with Gasteiger partial charge in [-0.25, -0.2) is 0 Å². The summed E-state index contributed by atoms with van der Waals surface area (Å²) < 4.78 is 1.09. The van der Waals surface area contributed by atoms with Crippen molar-refractivity contribution in [1.29, 1.82) is 0 Å². The van der Waals surface area contributed by atoms with E-state index in [9.17, 15) is 0 Å². The fraction of sp³-hybridized carbons (Fsp3) is 0. The van der Waals surface area contributed by atoms with E-state index in [2.05, 4.69) is 322 Å². The third-order valence-electron chi connectivity index (χ3n) is 13.7. The zero-order valence-corrected chi connectivity index (χ0v) is 48.7. The predicted octanol–water partition coefficient (Wildman–Crippen LogP) is 22.8. The molecular formula is C80H65BrN4. The van der Waals surface area contributed by atoms with E-state index in [1.807, 2.05) is 84.9 Å². The molecule has 12 aromatic rings. The molecule has 0 spiro atoms. The summed E-state index contributed by atoms with van der Waals surface area (Å²) in [6.45, 7) is 0. The summed E-state index contributed by atoms with van der Waals surface area (Å²) >= 11 is 3.52. The zero-order chi connectivity index (χ0) is 58.1. The maximum absolute atomic E-state index is 5.61. The first-order chi connectivity index (χ1) is 41.9. The topological polar surface area (TPSA) is 44.5 Å². The smallest absolute Gasteiger partial charge is 0.0462 e. The average Bonchev–Trinajstić information content (AvgIpc) is 3.74. The molecule has 0 aliphatic carbocycles. The zero-order valence-electron chi connectivity index (χ0n) is 47.1. The SMILES string of the molecule is Brc1cccc(C=Cc2ccc(N(c3ccccc3)c3ccccc3)cc2)c1.C(=Cc1ccc(Nc2cccc(C=Cc3ccc(N(c4ccccc4)c4ccccc4)cc3)c2)cc1)c1ccccc1.Nc1ccc(C=Cc2ccccc2)cc1. The first-order valence-corrected chi connectivity index (χ1v) is 29.1. The highest BCUT2D eigenvalue weighted by atomic mass is 79.9. The van der Waals surface area contributed by atoms with Crippen molar-refractivity contribution in [3.63, 3.8) is 0 Å². The Labute approximate surface area is 510 Å². The van der Waals surface area contributed by atoms with Gasteiger partial charge in [0.15, 0.2) is 0 Å². The Kier molecular flexibility index (Phi) is 20.5. The number of anilines is 9. The minimum Gasteiger partial charge on any atom is -0.399 e. The number of halogens is 1. The van der Waals surface area contributed by atoms with Crippen molar-refractivity contribution in [3.05, 3.63) is 377 Å². The van der Waals surface area contributed by atoms with Gasteiger partial charge in [-0.05, 0) is 166 Å². The van der Waals surface area contributed by atoms with E-state index in [0.717, 1.165) is 72.3 Å². The minimum atomic E-state index is 0.798. The van der Waals surface area contributed by atoms with Crippen LogP contribution in [0, 0.1) is 0 Å². The second kappa shape index (κ2) is 30.4. The van der Waals surface area contributed by atoms with E-state index in [0.29, 0.717) is 0 Å². The Balaban J connectivity index is 0.000000159. The highest BCUT2D eigenvalue weighted by Crippen LogP contribution is 2.36. The first kappa shape index (κ1) is 57.5. The van der Waals surface area contributed by atoms with Gasteiger partial charge < -0.3 is 20.9 Å². The molecule has 0 saturated carbocycles. The molecule has 0 atom stereocenters. The molecule has 0 bridgehead atoms. The van der Waals surface area contributed by atoms with Crippen LogP contribution in [0.5, 0.6) is 0 Å². The average molecular weight is 1160 g/mol. The number of nitrogen functional groups attached to an aromatic ring is 1. The summed E-state index contributed by atoms with van der Waals surface area (Å²) in [5.74, 6) is 0. The van der Waals surface area contributed by atoms with E-state index in [1.54, 1.807) is 0 Å². The van der Waals surface area contributed by atoms with Gasteiger partial charge in [-0.2, -0.15) is 0 Å². The molecular weight excluding hydrogens is 1100 g/mol. The minimum absolute atomic E-state index is 0.798. The summed E-state index contributed by atoms with van der Waals surface area (Å²) in [6.07, 6.45) is 17.0. The maximum Gasteiger partial charge on any atom is 0.0462 e. The Morgan fingerprint density at radius 1 is 0.235 bits per heavy atom. The van der Waals surface area contributed by atoms with Crippen molar-refractivity contribution in [2.75, 3.05) is 20.9 Å². The van der Waals surface area contributed by atoms with Crippen molar-refractivity contribution < 1.29 is 0 Å². The Bertz CT molecular complexity index is 3960. The number of rotatable bonds is 16. The third-order valence-corrected chi connectivity index (χ3v) is 14.2. The molecule has 0 aliphatic rings. The number of hydrogen-bond acceptors (Lipinski definition) is 4. The molecule has 0 aliphatic heterocycles. The maximum atomic E-state index is 5.61. The van der Waals surface area contributed by atoms with Crippen LogP contribution in [-0.4, -0.2) is 0 Å². The molecule has 0 unspecified atom stereocenters. The van der Waals surface area contributed by atoms with Gasteiger partial charge in [-0.3, -0.25) is 0 Å². The molecule has 0 aromatic heterocycles. The van der Waals surface area contributed by atoms with Crippen molar-refractivity contribution >= 4 is 116 Å². The van der Waals surface area contributed by atoms with E-state index in [1.165, 1.54) is 27.8 Å². The number of benzene rings is 12. The molecule has 412 valence electrons. The van der Waals surface area contributed by atoms with Crippen LogP contribution in [0.1, 0.15) is 44.5 Å². The normalized spacial score (nSPS) is 11.0. The highest BCUT2D eigenvalue weighted by molar-refractivity contribution is 9.10. The van der Waals surface area contributed by atoms with Gasteiger partial charge in [-0.1, -0.05) is 271 Å². The molecule has 0 radical (unpaired) electrons. The van der Waals surface area contributed by atoms with Crippen molar-refractivity contribution in [2.24, 2.45) is 0 Å². The molecule has 12 rings (SSSR count). The summed E-state index contributed by atoms with van der Waals surface area (Å²) in [7, 11) is 0. The van der Waals surface area contributed by atoms with E-state index < -0.39 is 0 Å². The summed E-state index contributed by atoms with van der Waals surface area (Å²) in [6, 6.07) is 113. The van der Waals surface area contributed by atoms with Gasteiger partial charge in [0.1, 0.15) is 0 Å². The second-order valence-electron chi connectivity index (χ2n) is 19.9. The molecule has 5 heteroatoms. The third kappa shape index (κ3) is 17.6. The first-order valence-electron chi connectivity index (χ1n) is 28.4. The lowest BCUT2D eigenvalue weighted by molar-refractivity contribution is 1.28. The molecule has 12 aromatic carbocycles. The van der Waals surface area contributed by atoms with Crippen LogP contribution in [0.3, 0.4) is 0 Å². The highest BCUT2D eigenvalue weighted by Gasteiger charge is 2.13. The van der Waals surface area contributed by atoms with Crippen LogP contribution in [0.2, 0.25) is 0 Å². The lowest BCUT2D eigenvalue weighted by atomic mass is 10.1. The second-order valence-corrected chi connectivity index (χ2v) is 20.9. The number of nitrogens with zero attached hydrogens (tertiary/aromatic N) is 2. The molecule has 0 heterocycles. The van der Waals surface area contributed by atoms with Gasteiger partial charge in [0.05, 0.1) is 0 Å². The van der Waals surface area contributed by atoms with E-state index >= 15 is 0 Å². The fourth-order valence-electron chi connectivity index (χ4n) is 9.35. The van der Waals surface area contributed by atoms with Crippen molar-refractivity contribution in [1.82, 2.24) is 0 Å². The molecule has 0 amide bonds. The van der Waals surface area contributed by atoms with Gasteiger partial charge in [0.2, 0.25) is 0 Å². The summed E-state index contributed by atoms with van der Waals surface area (Å²) in [4.78, 5) is 4.54. The van der Waals surface area contributed by atoms with Crippen LogP contribution in [0.15, 0.2) is 332 Å². The largest absolute Gasteiger partial charge is 0.399 e. The van der Waals surface area contributed by atoms with Gasteiger partial charge in [-0.15, -0.1) is 0 Å². The quantitative estimate of drug-likeness (QED) is 0.0748. The van der Waals surface area contributed by atoms with E-state index in [-0.39, 0.29) is 0 Å². The standard InChI is InChI=1S/C40H32N2.C26H20BrN.C14H13N/c1-4-11-32(12-5-1)19-20-33-23-27-36(28-24-33)41-37-14-10-13-35(31-37)22-21-34-25-29-40(30-26-34)42(38-15-6-2-7-16-38)39-17-8-3-9-18-39;27-23-9-7-8-22(20-23)15-14-21-16-18-26(19-17-21)28(24-10-3-1-4-11-24)25-12-5-2-6-13-25;15-14-10-8-13(9-11-14)7-6-12-4-2-1-3-5-12/h1-31,41H;1-20H;1-11H,15H2. The number of nitrogens with two attached hydrogens (primary N) is 1. The lowest BCUT2D eigenvalue weighted by Gasteiger charge is -2.25. The monoisotopic (exact) mass is 1160 g/mol. The molecule has 3 N–H and O–H groups in total. The molecule has 0 saturated heterocycles. The van der Waals surface area contributed by atoms with Crippen LogP contribution < -0.4 is 20.9 Å². The fourth-order valence-corrected chi connectivity index (χ4v) is 9.77. The van der Waals surface area contributed by atoms with Crippen molar-refractivity contribution in [3.8, 4) is 0 Å². The Morgan fingerprint density at radius 2 is 0.506 bits per heavy atom. The molecule has 4 nitrogen and oxygen atoms in total.